The molecule has 1 aromatic rings. The van der Waals surface area contributed by atoms with E-state index in [9.17, 15) is 8.42 Å². The van der Waals surface area contributed by atoms with Crippen molar-refractivity contribution in [1.82, 2.24) is 4.31 Å². The molecule has 0 aliphatic rings. The molecular weight excluding hydrogens is 260 g/mol. The Morgan fingerprint density at radius 1 is 1.37 bits per heavy atom. The zero-order valence-corrected chi connectivity index (χ0v) is 12.8. The molecule has 0 aliphatic heterocycles. The molecule has 0 amide bonds. The van der Waals surface area contributed by atoms with Crippen LogP contribution in [0.15, 0.2) is 29.7 Å². The molecule has 106 valence electrons. The van der Waals surface area contributed by atoms with E-state index in [1.54, 1.807) is 25.1 Å². The molecule has 0 saturated heterocycles. The van der Waals surface area contributed by atoms with E-state index in [1.165, 1.54) is 4.31 Å². The highest BCUT2D eigenvalue weighted by Crippen LogP contribution is 2.26. The molecule has 4 nitrogen and oxygen atoms in total. The third kappa shape index (κ3) is 3.16. The number of nitrogens with two attached hydrogens (primary N) is 1. The van der Waals surface area contributed by atoms with E-state index in [0.717, 1.165) is 5.56 Å². The average Bonchev–Trinajstić information content (AvgIpc) is 2.29. The van der Waals surface area contributed by atoms with Gasteiger partial charge < -0.3 is 5.73 Å². The second-order valence-corrected chi connectivity index (χ2v) is 6.79. The summed E-state index contributed by atoms with van der Waals surface area (Å²) in [6, 6.07) is 3.31. The molecule has 0 saturated carbocycles. The number of aryl methyl sites for hydroxylation is 1. The summed E-state index contributed by atoms with van der Waals surface area (Å²) in [5, 5.41) is 0. The standard InChI is InChI=1S/C14H22N2O2S/c1-6-7-16(10(2)3)19(17,18)14-9-11(4)8-13(15)12(14)5/h6,8-10H,1,7,15H2,2-5H3. The maximum atomic E-state index is 12.7. The van der Waals surface area contributed by atoms with Crippen LogP contribution in [-0.4, -0.2) is 25.3 Å². The minimum atomic E-state index is -3.56. The van der Waals surface area contributed by atoms with E-state index in [4.69, 9.17) is 5.73 Å². The van der Waals surface area contributed by atoms with Crippen LogP contribution in [0.5, 0.6) is 0 Å². The zero-order chi connectivity index (χ0) is 14.8. The van der Waals surface area contributed by atoms with Gasteiger partial charge in [-0.3, -0.25) is 0 Å². The lowest BCUT2D eigenvalue weighted by Crippen LogP contribution is -2.37. The third-order valence-corrected chi connectivity index (χ3v) is 5.18. The van der Waals surface area contributed by atoms with Crippen molar-refractivity contribution in [3.63, 3.8) is 0 Å². The Kier molecular flexibility index (Phi) is 4.76. The van der Waals surface area contributed by atoms with Crippen molar-refractivity contribution in [3.8, 4) is 0 Å². The molecule has 0 atom stereocenters. The highest BCUT2D eigenvalue weighted by atomic mass is 32.2. The van der Waals surface area contributed by atoms with Gasteiger partial charge in [-0.25, -0.2) is 8.42 Å². The maximum absolute atomic E-state index is 12.7. The number of rotatable bonds is 5. The lowest BCUT2D eigenvalue weighted by Gasteiger charge is -2.26. The minimum Gasteiger partial charge on any atom is -0.398 e. The van der Waals surface area contributed by atoms with Gasteiger partial charge in [0.25, 0.3) is 0 Å². The average molecular weight is 282 g/mol. The summed E-state index contributed by atoms with van der Waals surface area (Å²) in [5.74, 6) is 0. The highest BCUT2D eigenvalue weighted by Gasteiger charge is 2.28. The second kappa shape index (κ2) is 5.75. The first kappa shape index (κ1) is 15.7. The Labute approximate surface area is 116 Å². The first-order valence-electron chi connectivity index (χ1n) is 6.21. The van der Waals surface area contributed by atoms with Crippen LogP contribution in [0.3, 0.4) is 0 Å². The summed E-state index contributed by atoms with van der Waals surface area (Å²) >= 11 is 0. The molecule has 0 fully saturated rings. The molecule has 1 rings (SSSR count). The smallest absolute Gasteiger partial charge is 0.243 e. The van der Waals surface area contributed by atoms with Gasteiger partial charge in [0, 0.05) is 18.3 Å². The van der Waals surface area contributed by atoms with Crippen LogP contribution in [0, 0.1) is 13.8 Å². The van der Waals surface area contributed by atoms with Gasteiger partial charge in [0.15, 0.2) is 0 Å². The number of hydrogen-bond donors (Lipinski definition) is 1. The summed E-state index contributed by atoms with van der Waals surface area (Å²) in [4.78, 5) is 0.278. The molecule has 0 bridgehead atoms. The summed E-state index contributed by atoms with van der Waals surface area (Å²) in [6.07, 6.45) is 1.59. The Bertz CT molecular complexity index is 577. The van der Waals surface area contributed by atoms with E-state index in [-0.39, 0.29) is 17.5 Å². The van der Waals surface area contributed by atoms with Crippen LogP contribution < -0.4 is 5.73 Å². The van der Waals surface area contributed by atoms with Gasteiger partial charge in [-0.2, -0.15) is 4.31 Å². The van der Waals surface area contributed by atoms with Crippen LogP contribution in [-0.2, 0) is 10.0 Å². The SMILES string of the molecule is C=CCN(C(C)C)S(=O)(=O)c1cc(C)cc(N)c1C. The lowest BCUT2D eigenvalue weighted by molar-refractivity contribution is 0.382. The van der Waals surface area contributed by atoms with Crippen molar-refractivity contribution in [2.24, 2.45) is 0 Å². The third-order valence-electron chi connectivity index (χ3n) is 3.02. The molecular formula is C14H22N2O2S. The van der Waals surface area contributed by atoms with Crippen molar-refractivity contribution in [1.29, 1.82) is 0 Å². The van der Waals surface area contributed by atoms with E-state index in [0.29, 0.717) is 11.3 Å². The predicted octanol–water partition coefficient (Wildman–Crippen LogP) is 2.47. The van der Waals surface area contributed by atoms with Crippen LogP contribution in [0.4, 0.5) is 5.69 Å². The van der Waals surface area contributed by atoms with E-state index >= 15 is 0 Å². The van der Waals surface area contributed by atoms with Gasteiger partial charge in [0.05, 0.1) is 4.90 Å². The number of nitrogen functional groups attached to an aromatic ring is 1. The molecule has 0 aliphatic carbocycles. The van der Waals surface area contributed by atoms with Crippen LogP contribution in [0.1, 0.15) is 25.0 Å². The van der Waals surface area contributed by atoms with Crippen molar-refractivity contribution in [2.45, 2.75) is 38.6 Å². The van der Waals surface area contributed by atoms with Crippen molar-refractivity contribution in [2.75, 3.05) is 12.3 Å². The van der Waals surface area contributed by atoms with E-state index in [2.05, 4.69) is 6.58 Å². The minimum absolute atomic E-state index is 0.135. The zero-order valence-electron chi connectivity index (χ0n) is 12.0. The fourth-order valence-electron chi connectivity index (χ4n) is 1.96. The number of benzene rings is 1. The first-order valence-corrected chi connectivity index (χ1v) is 7.65. The van der Waals surface area contributed by atoms with Gasteiger partial charge in [0.1, 0.15) is 0 Å². The summed E-state index contributed by atoms with van der Waals surface area (Å²) in [6.45, 7) is 11.2. The van der Waals surface area contributed by atoms with Crippen molar-refractivity contribution in [3.05, 3.63) is 35.9 Å². The van der Waals surface area contributed by atoms with E-state index < -0.39 is 10.0 Å². The molecule has 5 heteroatoms. The Balaban J connectivity index is 3.45. The molecule has 0 radical (unpaired) electrons. The fourth-order valence-corrected chi connectivity index (χ4v) is 3.91. The molecule has 2 N–H and O–H groups in total. The van der Waals surface area contributed by atoms with Crippen LogP contribution >= 0.6 is 0 Å². The van der Waals surface area contributed by atoms with Gasteiger partial charge in [0.2, 0.25) is 10.0 Å². The quantitative estimate of drug-likeness (QED) is 0.666. The largest absolute Gasteiger partial charge is 0.398 e. The molecule has 0 aromatic heterocycles. The molecule has 1 aromatic carbocycles. The predicted molar refractivity (Wildman–Crippen MR) is 79.6 cm³/mol. The summed E-state index contributed by atoms with van der Waals surface area (Å²) < 4.78 is 26.8. The van der Waals surface area contributed by atoms with Crippen LogP contribution in [0.2, 0.25) is 0 Å². The molecule has 0 heterocycles. The molecule has 19 heavy (non-hydrogen) atoms. The monoisotopic (exact) mass is 282 g/mol. The molecule has 0 spiro atoms. The van der Waals surface area contributed by atoms with Gasteiger partial charge in [-0.15, -0.1) is 6.58 Å². The fraction of sp³-hybridized carbons (Fsp3) is 0.429. The Hall–Kier alpha value is -1.33. The number of hydrogen-bond acceptors (Lipinski definition) is 3. The lowest BCUT2D eigenvalue weighted by atomic mass is 10.1. The van der Waals surface area contributed by atoms with Crippen molar-refractivity contribution >= 4 is 15.7 Å². The molecule has 0 unspecified atom stereocenters. The number of anilines is 1. The normalized spacial score (nSPS) is 12.1. The number of nitrogens with zero attached hydrogens (tertiary/aromatic N) is 1. The summed E-state index contributed by atoms with van der Waals surface area (Å²) in [5.41, 5.74) is 7.80. The Morgan fingerprint density at radius 2 is 1.95 bits per heavy atom. The second-order valence-electron chi connectivity index (χ2n) is 4.93. The summed E-state index contributed by atoms with van der Waals surface area (Å²) in [7, 11) is -3.56. The van der Waals surface area contributed by atoms with E-state index in [1.807, 2.05) is 20.8 Å². The highest BCUT2D eigenvalue weighted by molar-refractivity contribution is 7.89. The van der Waals surface area contributed by atoms with Crippen molar-refractivity contribution < 1.29 is 8.42 Å². The maximum Gasteiger partial charge on any atom is 0.243 e. The van der Waals surface area contributed by atoms with Gasteiger partial charge >= 0.3 is 0 Å². The Morgan fingerprint density at radius 3 is 2.42 bits per heavy atom. The van der Waals surface area contributed by atoms with Gasteiger partial charge in [-0.1, -0.05) is 6.08 Å². The number of sulfonamides is 1. The van der Waals surface area contributed by atoms with Crippen LogP contribution in [0.25, 0.3) is 0 Å². The van der Waals surface area contributed by atoms with Gasteiger partial charge in [-0.05, 0) is 51.0 Å². The first-order chi connectivity index (χ1) is 8.71. The topological polar surface area (TPSA) is 63.4 Å².